The smallest absolute Gasteiger partial charge is 0.313 e. The maximum absolute atomic E-state index is 12.3. The van der Waals surface area contributed by atoms with Crippen molar-refractivity contribution in [3.05, 3.63) is 44.6 Å². The van der Waals surface area contributed by atoms with Crippen molar-refractivity contribution < 1.29 is 19.1 Å². The molecule has 29 heavy (non-hydrogen) atoms. The Balaban J connectivity index is 1.39. The maximum Gasteiger partial charge on any atom is 0.313 e. The molecule has 0 bridgehead atoms. The number of benzene rings is 1. The fourth-order valence-corrected chi connectivity index (χ4v) is 4.92. The third kappa shape index (κ3) is 4.01. The van der Waals surface area contributed by atoms with E-state index in [0.717, 1.165) is 28.1 Å². The third-order valence-corrected chi connectivity index (χ3v) is 6.48. The van der Waals surface area contributed by atoms with Gasteiger partial charge < -0.3 is 20.3 Å². The van der Waals surface area contributed by atoms with Gasteiger partial charge in [0.15, 0.2) is 0 Å². The zero-order valence-corrected chi connectivity index (χ0v) is 17.4. The zero-order valence-electron chi connectivity index (χ0n) is 15.8. The fourth-order valence-electron chi connectivity index (χ4n) is 3.78. The molecule has 2 aliphatic heterocycles. The summed E-state index contributed by atoms with van der Waals surface area (Å²) in [7, 11) is 1.54. The highest BCUT2D eigenvalue weighted by molar-refractivity contribution is 7.16. The minimum absolute atomic E-state index is 0.145. The van der Waals surface area contributed by atoms with Crippen LogP contribution in [-0.4, -0.2) is 37.9 Å². The second-order valence-corrected chi connectivity index (χ2v) is 8.72. The number of carbonyl (C=O) groups is 3. The molecule has 1 aromatic heterocycles. The first-order valence-electron chi connectivity index (χ1n) is 9.29. The number of rotatable bonds is 5. The summed E-state index contributed by atoms with van der Waals surface area (Å²) in [6.45, 7) is 0.830. The standard InChI is InChI=1S/C20H20ClN3O4S/c1-28-14(15-3-4-16(21)29-15)10-22-19(26)20(27)23-13-8-11-2-5-17(25)24-7-6-12(9-13)18(11)24/h3-4,8-9,14H,2,5-7,10H2,1H3,(H,22,26)(H,23,27). The zero-order chi connectivity index (χ0) is 20.5. The Bertz CT molecular complexity index is 990. The Morgan fingerprint density at radius 2 is 1.97 bits per heavy atom. The Hall–Kier alpha value is -2.42. The number of amides is 3. The number of hydrogen-bond acceptors (Lipinski definition) is 5. The lowest BCUT2D eigenvalue weighted by Gasteiger charge is -2.25. The van der Waals surface area contributed by atoms with E-state index in [1.807, 2.05) is 23.1 Å². The highest BCUT2D eigenvalue weighted by Gasteiger charge is 2.31. The molecule has 0 spiro atoms. The van der Waals surface area contributed by atoms with Crippen LogP contribution in [0.2, 0.25) is 4.34 Å². The summed E-state index contributed by atoms with van der Waals surface area (Å²) >= 11 is 7.31. The molecule has 0 saturated heterocycles. The normalized spacial score (nSPS) is 15.8. The Morgan fingerprint density at radius 3 is 2.66 bits per heavy atom. The van der Waals surface area contributed by atoms with Gasteiger partial charge in [0.2, 0.25) is 5.91 Å². The second-order valence-electron chi connectivity index (χ2n) is 6.97. The fraction of sp³-hybridized carbons (Fsp3) is 0.350. The minimum Gasteiger partial charge on any atom is -0.374 e. The number of anilines is 2. The summed E-state index contributed by atoms with van der Waals surface area (Å²) in [5.74, 6) is -1.33. The molecule has 0 aliphatic carbocycles. The summed E-state index contributed by atoms with van der Waals surface area (Å²) in [5.41, 5.74) is 3.61. The van der Waals surface area contributed by atoms with Crippen molar-refractivity contribution in [3.8, 4) is 0 Å². The molecule has 152 valence electrons. The Kier molecular flexibility index (Phi) is 5.58. The molecule has 0 saturated carbocycles. The number of thiophene rings is 1. The van der Waals surface area contributed by atoms with Crippen molar-refractivity contribution in [2.75, 3.05) is 30.4 Å². The molecular weight excluding hydrogens is 414 g/mol. The number of aryl methyl sites for hydroxylation is 1. The molecule has 9 heteroatoms. The topological polar surface area (TPSA) is 87.7 Å². The van der Waals surface area contributed by atoms with Crippen molar-refractivity contribution in [2.24, 2.45) is 0 Å². The summed E-state index contributed by atoms with van der Waals surface area (Å²) in [4.78, 5) is 39.3. The first-order valence-corrected chi connectivity index (χ1v) is 10.5. The lowest BCUT2D eigenvalue weighted by molar-refractivity contribution is -0.136. The van der Waals surface area contributed by atoms with Crippen LogP contribution in [0.4, 0.5) is 11.4 Å². The molecule has 1 unspecified atom stereocenters. The van der Waals surface area contributed by atoms with Crippen molar-refractivity contribution in [1.29, 1.82) is 0 Å². The predicted octanol–water partition coefficient (Wildman–Crippen LogP) is 2.68. The van der Waals surface area contributed by atoms with Gasteiger partial charge >= 0.3 is 11.8 Å². The number of hydrogen-bond donors (Lipinski definition) is 2. The number of ether oxygens (including phenoxy) is 1. The van der Waals surface area contributed by atoms with E-state index in [2.05, 4.69) is 10.6 Å². The van der Waals surface area contributed by atoms with Gasteiger partial charge in [-0.05, 0) is 48.2 Å². The number of nitrogens with zero attached hydrogens (tertiary/aromatic N) is 1. The molecule has 0 fully saturated rings. The van der Waals surface area contributed by atoms with Crippen molar-refractivity contribution >= 4 is 52.0 Å². The van der Waals surface area contributed by atoms with Crippen LogP contribution in [0, 0.1) is 0 Å². The van der Waals surface area contributed by atoms with Gasteiger partial charge in [-0.15, -0.1) is 11.3 Å². The van der Waals surface area contributed by atoms with Crippen molar-refractivity contribution in [3.63, 3.8) is 0 Å². The largest absolute Gasteiger partial charge is 0.374 e. The maximum atomic E-state index is 12.3. The number of halogens is 1. The van der Waals surface area contributed by atoms with Gasteiger partial charge in [-0.1, -0.05) is 11.6 Å². The van der Waals surface area contributed by atoms with Crippen LogP contribution < -0.4 is 15.5 Å². The lowest BCUT2D eigenvalue weighted by atomic mass is 9.98. The van der Waals surface area contributed by atoms with E-state index in [4.69, 9.17) is 16.3 Å². The monoisotopic (exact) mass is 433 g/mol. The first kappa shape index (κ1) is 19.9. The van der Waals surface area contributed by atoms with Gasteiger partial charge in [-0.2, -0.15) is 0 Å². The molecule has 0 radical (unpaired) electrons. The van der Waals surface area contributed by atoms with Gasteiger partial charge in [0.25, 0.3) is 0 Å². The number of methoxy groups -OCH3 is 1. The molecule has 2 aliphatic rings. The molecular formula is C20H20ClN3O4S. The van der Waals surface area contributed by atoms with E-state index in [1.54, 1.807) is 6.07 Å². The van der Waals surface area contributed by atoms with Crippen LogP contribution in [0.25, 0.3) is 0 Å². The van der Waals surface area contributed by atoms with E-state index in [9.17, 15) is 14.4 Å². The highest BCUT2D eigenvalue weighted by Crippen LogP contribution is 2.38. The van der Waals surface area contributed by atoms with Crippen molar-refractivity contribution in [1.82, 2.24) is 5.32 Å². The third-order valence-electron chi connectivity index (χ3n) is 5.16. The number of carbonyl (C=O) groups excluding carboxylic acids is 3. The van der Waals surface area contributed by atoms with Crippen LogP contribution in [0.15, 0.2) is 24.3 Å². The second kappa shape index (κ2) is 8.14. The average Bonchev–Trinajstić information content (AvgIpc) is 3.32. The summed E-state index contributed by atoms with van der Waals surface area (Å²) in [6, 6.07) is 7.28. The molecule has 2 aromatic rings. The van der Waals surface area contributed by atoms with Crippen LogP contribution >= 0.6 is 22.9 Å². The van der Waals surface area contributed by atoms with Gasteiger partial charge in [0.05, 0.1) is 10.0 Å². The van der Waals surface area contributed by atoms with Gasteiger partial charge in [0.1, 0.15) is 6.10 Å². The Morgan fingerprint density at radius 1 is 1.21 bits per heavy atom. The van der Waals surface area contributed by atoms with E-state index in [1.165, 1.54) is 18.4 Å². The van der Waals surface area contributed by atoms with Crippen molar-refractivity contribution in [2.45, 2.75) is 25.4 Å². The Labute approximate surface area is 177 Å². The van der Waals surface area contributed by atoms with Crippen LogP contribution in [0.3, 0.4) is 0 Å². The molecule has 2 N–H and O–H groups in total. The van der Waals surface area contributed by atoms with E-state index < -0.39 is 11.8 Å². The van der Waals surface area contributed by atoms with E-state index >= 15 is 0 Å². The summed E-state index contributed by atoms with van der Waals surface area (Å²) in [5, 5.41) is 5.27. The van der Waals surface area contributed by atoms with Crippen LogP contribution in [-0.2, 0) is 32.0 Å². The van der Waals surface area contributed by atoms with E-state index in [0.29, 0.717) is 29.4 Å². The molecule has 3 heterocycles. The van der Waals surface area contributed by atoms with Crippen LogP contribution in [0.1, 0.15) is 28.5 Å². The quantitative estimate of drug-likeness (QED) is 0.709. The summed E-state index contributed by atoms with van der Waals surface area (Å²) in [6.07, 6.45) is 1.49. The van der Waals surface area contributed by atoms with Gasteiger partial charge in [0, 0.05) is 37.2 Å². The van der Waals surface area contributed by atoms with Gasteiger partial charge in [-0.3, -0.25) is 14.4 Å². The SMILES string of the molecule is COC(CNC(=O)C(=O)Nc1cc2c3c(c1)CCN3C(=O)CC2)c1ccc(Cl)s1. The molecule has 1 atom stereocenters. The predicted molar refractivity (Wildman–Crippen MR) is 112 cm³/mol. The summed E-state index contributed by atoms with van der Waals surface area (Å²) < 4.78 is 6.01. The molecule has 1 aromatic carbocycles. The molecule has 4 rings (SSSR count). The van der Waals surface area contributed by atoms with Gasteiger partial charge in [-0.25, -0.2) is 0 Å². The first-order chi connectivity index (χ1) is 14.0. The van der Waals surface area contributed by atoms with E-state index in [-0.39, 0.29) is 18.6 Å². The average molecular weight is 434 g/mol. The molecule has 7 nitrogen and oxygen atoms in total. The lowest BCUT2D eigenvalue weighted by Crippen LogP contribution is -2.38. The molecule has 3 amide bonds. The number of nitrogens with one attached hydrogen (secondary N) is 2. The minimum atomic E-state index is -0.738. The highest BCUT2D eigenvalue weighted by atomic mass is 35.5. The van der Waals surface area contributed by atoms with Crippen LogP contribution in [0.5, 0.6) is 0 Å².